The SMILES string of the molecule is C[C@H](O)CNC(=O)c1ccc(-c2cccs2)s1. The fourth-order valence-corrected chi connectivity index (χ4v) is 3.10. The number of thiophene rings is 2. The van der Waals surface area contributed by atoms with Gasteiger partial charge in [-0.3, -0.25) is 4.79 Å². The molecule has 0 fully saturated rings. The minimum atomic E-state index is -0.518. The van der Waals surface area contributed by atoms with Gasteiger partial charge in [0.25, 0.3) is 5.91 Å². The molecule has 17 heavy (non-hydrogen) atoms. The molecule has 0 saturated carbocycles. The Morgan fingerprint density at radius 3 is 2.88 bits per heavy atom. The number of hydrogen-bond acceptors (Lipinski definition) is 4. The Bertz CT molecular complexity index is 488. The van der Waals surface area contributed by atoms with E-state index < -0.39 is 6.10 Å². The summed E-state index contributed by atoms with van der Waals surface area (Å²) in [5.41, 5.74) is 0. The predicted molar refractivity (Wildman–Crippen MR) is 71.6 cm³/mol. The third-order valence-electron chi connectivity index (χ3n) is 2.15. The largest absolute Gasteiger partial charge is 0.392 e. The molecule has 0 radical (unpaired) electrons. The van der Waals surface area contributed by atoms with Crippen LogP contribution >= 0.6 is 22.7 Å². The second-order valence-electron chi connectivity index (χ2n) is 3.70. The van der Waals surface area contributed by atoms with Crippen LogP contribution in [0.25, 0.3) is 9.75 Å². The van der Waals surface area contributed by atoms with E-state index in [1.807, 2.05) is 29.6 Å². The van der Waals surface area contributed by atoms with Crippen molar-refractivity contribution in [2.45, 2.75) is 13.0 Å². The average Bonchev–Trinajstić information content (AvgIpc) is 2.94. The highest BCUT2D eigenvalue weighted by Crippen LogP contribution is 2.31. The Labute approximate surface area is 108 Å². The molecule has 1 atom stereocenters. The van der Waals surface area contributed by atoms with Gasteiger partial charge < -0.3 is 10.4 Å². The summed E-state index contributed by atoms with van der Waals surface area (Å²) in [5.74, 6) is -0.126. The maximum Gasteiger partial charge on any atom is 0.261 e. The molecule has 0 unspecified atom stereocenters. The van der Waals surface area contributed by atoms with Crippen molar-refractivity contribution in [3.63, 3.8) is 0 Å². The lowest BCUT2D eigenvalue weighted by Crippen LogP contribution is -2.29. The Morgan fingerprint density at radius 2 is 2.24 bits per heavy atom. The van der Waals surface area contributed by atoms with Gasteiger partial charge in [0.15, 0.2) is 0 Å². The maximum absolute atomic E-state index is 11.7. The molecule has 5 heteroatoms. The van der Waals surface area contributed by atoms with Crippen LogP contribution in [0.1, 0.15) is 16.6 Å². The normalized spacial score (nSPS) is 12.4. The van der Waals surface area contributed by atoms with E-state index in [0.717, 1.165) is 4.88 Å². The molecule has 0 bridgehead atoms. The van der Waals surface area contributed by atoms with Crippen molar-refractivity contribution in [1.29, 1.82) is 0 Å². The van der Waals surface area contributed by atoms with E-state index in [2.05, 4.69) is 5.32 Å². The predicted octanol–water partition coefficient (Wildman–Crippen LogP) is 2.59. The summed E-state index contributed by atoms with van der Waals surface area (Å²) in [7, 11) is 0. The van der Waals surface area contributed by atoms with Crippen LogP contribution in [0.2, 0.25) is 0 Å². The van der Waals surface area contributed by atoms with Crippen LogP contribution in [-0.2, 0) is 0 Å². The molecule has 2 rings (SSSR count). The van der Waals surface area contributed by atoms with Crippen molar-refractivity contribution in [2.24, 2.45) is 0 Å². The number of amides is 1. The van der Waals surface area contributed by atoms with E-state index in [9.17, 15) is 4.79 Å². The van der Waals surface area contributed by atoms with Gasteiger partial charge in [-0.05, 0) is 30.5 Å². The Balaban J connectivity index is 2.05. The third kappa shape index (κ3) is 3.15. The van der Waals surface area contributed by atoms with Crippen molar-refractivity contribution in [3.8, 4) is 9.75 Å². The zero-order chi connectivity index (χ0) is 12.3. The Kier molecular flexibility index (Phi) is 3.93. The molecule has 0 aliphatic rings. The van der Waals surface area contributed by atoms with Crippen LogP contribution in [0.4, 0.5) is 0 Å². The Hall–Kier alpha value is -1.17. The van der Waals surface area contributed by atoms with Gasteiger partial charge in [0.2, 0.25) is 0 Å². The summed E-state index contributed by atoms with van der Waals surface area (Å²) in [4.78, 5) is 14.7. The van der Waals surface area contributed by atoms with Crippen molar-refractivity contribution in [3.05, 3.63) is 34.5 Å². The summed E-state index contributed by atoms with van der Waals surface area (Å²) in [6, 6.07) is 7.80. The molecular weight excluding hydrogens is 254 g/mol. The second-order valence-corrected chi connectivity index (χ2v) is 5.73. The average molecular weight is 267 g/mol. The van der Waals surface area contributed by atoms with Crippen molar-refractivity contribution in [2.75, 3.05) is 6.54 Å². The van der Waals surface area contributed by atoms with Crippen LogP contribution in [-0.4, -0.2) is 23.7 Å². The first-order valence-electron chi connectivity index (χ1n) is 5.27. The summed E-state index contributed by atoms with van der Waals surface area (Å²) in [5, 5.41) is 13.8. The fraction of sp³-hybridized carbons (Fsp3) is 0.250. The van der Waals surface area contributed by atoms with E-state index in [-0.39, 0.29) is 12.5 Å². The minimum Gasteiger partial charge on any atom is -0.392 e. The van der Waals surface area contributed by atoms with Crippen LogP contribution in [0, 0.1) is 0 Å². The molecule has 2 N–H and O–H groups in total. The summed E-state index contributed by atoms with van der Waals surface area (Å²) in [6.07, 6.45) is -0.518. The first kappa shape index (κ1) is 12.3. The smallest absolute Gasteiger partial charge is 0.261 e. The zero-order valence-electron chi connectivity index (χ0n) is 9.34. The van der Waals surface area contributed by atoms with E-state index >= 15 is 0 Å². The van der Waals surface area contributed by atoms with E-state index in [4.69, 9.17) is 5.11 Å². The molecule has 1 amide bonds. The monoisotopic (exact) mass is 267 g/mol. The van der Waals surface area contributed by atoms with Gasteiger partial charge in [0, 0.05) is 16.3 Å². The molecule has 2 aromatic rings. The number of carbonyl (C=O) groups excluding carboxylic acids is 1. The van der Waals surface area contributed by atoms with E-state index in [0.29, 0.717) is 4.88 Å². The van der Waals surface area contributed by atoms with Gasteiger partial charge in [-0.25, -0.2) is 0 Å². The molecule has 2 heterocycles. The standard InChI is InChI=1S/C12H13NO2S2/c1-8(14)7-13-12(15)11-5-4-10(17-11)9-3-2-6-16-9/h2-6,8,14H,7H2,1H3,(H,13,15)/t8-/m0/s1. The Morgan fingerprint density at radius 1 is 1.41 bits per heavy atom. The van der Waals surface area contributed by atoms with Crippen LogP contribution in [0.5, 0.6) is 0 Å². The van der Waals surface area contributed by atoms with Crippen molar-refractivity contribution < 1.29 is 9.90 Å². The maximum atomic E-state index is 11.7. The van der Waals surface area contributed by atoms with Crippen LogP contribution < -0.4 is 5.32 Å². The number of aliphatic hydroxyl groups excluding tert-OH is 1. The van der Waals surface area contributed by atoms with Crippen LogP contribution in [0.15, 0.2) is 29.6 Å². The molecule has 0 spiro atoms. The first-order chi connectivity index (χ1) is 8.16. The molecule has 0 saturated heterocycles. The van der Waals surface area contributed by atoms with Gasteiger partial charge in [0.05, 0.1) is 11.0 Å². The quantitative estimate of drug-likeness (QED) is 0.894. The molecule has 3 nitrogen and oxygen atoms in total. The highest BCUT2D eigenvalue weighted by atomic mass is 32.1. The lowest BCUT2D eigenvalue weighted by molar-refractivity contribution is 0.0928. The lowest BCUT2D eigenvalue weighted by Gasteiger charge is -2.04. The minimum absolute atomic E-state index is 0.126. The molecule has 2 aromatic heterocycles. The number of carbonyl (C=O) groups is 1. The fourth-order valence-electron chi connectivity index (χ4n) is 1.34. The van der Waals surface area contributed by atoms with Crippen LogP contribution in [0.3, 0.4) is 0 Å². The van der Waals surface area contributed by atoms with Gasteiger partial charge in [0.1, 0.15) is 0 Å². The second kappa shape index (κ2) is 5.44. The van der Waals surface area contributed by atoms with Gasteiger partial charge in [-0.2, -0.15) is 0 Å². The number of hydrogen-bond donors (Lipinski definition) is 2. The summed E-state index contributed by atoms with van der Waals surface area (Å²) < 4.78 is 0. The van der Waals surface area contributed by atoms with Gasteiger partial charge in [-0.15, -0.1) is 22.7 Å². The summed E-state index contributed by atoms with van der Waals surface area (Å²) >= 11 is 3.13. The van der Waals surface area contributed by atoms with Gasteiger partial charge >= 0.3 is 0 Å². The molecule has 0 aliphatic heterocycles. The van der Waals surface area contributed by atoms with Crippen molar-refractivity contribution >= 4 is 28.6 Å². The lowest BCUT2D eigenvalue weighted by atomic mass is 10.3. The summed E-state index contributed by atoms with van der Waals surface area (Å²) in [6.45, 7) is 1.93. The topological polar surface area (TPSA) is 49.3 Å². The van der Waals surface area contributed by atoms with E-state index in [1.54, 1.807) is 18.3 Å². The number of aliphatic hydroxyl groups is 1. The highest BCUT2D eigenvalue weighted by Gasteiger charge is 2.10. The molecule has 0 aliphatic carbocycles. The zero-order valence-corrected chi connectivity index (χ0v) is 11.0. The van der Waals surface area contributed by atoms with Crippen molar-refractivity contribution in [1.82, 2.24) is 5.32 Å². The number of nitrogens with one attached hydrogen (secondary N) is 1. The molecule has 90 valence electrons. The molecule has 0 aromatic carbocycles. The van der Waals surface area contributed by atoms with Gasteiger partial charge in [-0.1, -0.05) is 6.07 Å². The third-order valence-corrected chi connectivity index (χ3v) is 4.30. The van der Waals surface area contributed by atoms with E-state index in [1.165, 1.54) is 16.2 Å². The first-order valence-corrected chi connectivity index (χ1v) is 6.96. The highest BCUT2D eigenvalue weighted by molar-refractivity contribution is 7.22. The number of rotatable bonds is 4. The molecular formula is C12H13NO2S2.